The van der Waals surface area contributed by atoms with Crippen molar-refractivity contribution in [2.75, 3.05) is 38.1 Å². The van der Waals surface area contributed by atoms with Crippen molar-refractivity contribution in [3.63, 3.8) is 0 Å². The molecular weight excluding hydrogens is 306 g/mol. The van der Waals surface area contributed by atoms with Gasteiger partial charge in [0.15, 0.2) is 0 Å². The summed E-state index contributed by atoms with van der Waals surface area (Å²) in [5.41, 5.74) is 0.925. The zero-order valence-corrected chi connectivity index (χ0v) is 14.2. The van der Waals surface area contributed by atoms with Crippen molar-refractivity contribution < 1.29 is 9.59 Å². The van der Waals surface area contributed by atoms with Crippen LogP contribution in [0.5, 0.6) is 0 Å². The third kappa shape index (κ3) is 2.81. The van der Waals surface area contributed by atoms with Crippen molar-refractivity contribution in [2.45, 2.75) is 44.2 Å². The van der Waals surface area contributed by atoms with Crippen LogP contribution in [0.1, 0.15) is 38.1 Å². The number of hydrogen-bond donors (Lipinski definition) is 0. The fourth-order valence-corrected chi connectivity index (χ4v) is 4.02. The standard InChI is InChI=1S/C17H25N5O2/c1-19-13(4-2-5-16(19)23)9-20-10-15(11-20)22-12-14(8-18-22)21-7-3-6-17(21)24/h8,12-13,15H,2-7,9-11H2,1H3. The summed E-state index contributed by atoms with van der Waals surface area (Å²) in [7, 11) is 1.93. The van der Waals surface area contributed by atoms with Gasteiger partial charge in [-0.3, -0.25) is 19.2 Å². The lowest BCUT2D eigenvalue weighted by Gasteiger charge is -2.43. The van der Waals surface area contributed by atoms with E-state index in [0.29, 0.717) is 24.9 Å². The molecule has 4 heterocycles. The van der Waals surface area contributed by atoms with E-state index in [2.05, 4.69) is 10.00 Å². The number of carbonyl (C=O) groups is 2. The number of aromatic nitrogens is 2. The fourth-order valence-electron chi connectivity index (χ4n) is 4.02. The van der Waals surface area contributed by atoms with Crippen molar-refractivity contribution in [2.24, 2.45) is 0 Å². The molecule has 7 nitrogen and oxygen atoms in total. The SMILES string of the molecule is CN1C(=O)CCCC1CN1CC(n2cc(N3CCCC3=O)cn2)C1. The first kappa shape index (κ1) is 15.6. The maximum atomic E-state index is 11.8. The Hall–Kier alpha value is -1.89. The second-order valence-corrected chi connectivity index (χ2v) is 7.25. The molecule has 0 radical (unpaired) electrons. The second-order valence-electron chi connectivity index (χ2n) is 7.25. The van der Waals surface area contributed by atoms with Gasteiger partial charge >= 0.3 is 0 Å². The smallest absolute Gasteiger partial charge is 0.227 e. The molecule has 0 aromatic carbocycles. The van der Waals surface area contributed by atoms with Crippen LogP contribution in [0.3, 0.4) is 0 Å². The van der Waals surface area contributed by atoms with Crippen molar-refractivity contribution in [1.29, 1.82) is 0 Å². The second kappa shape index (κ2) is 6.20. The molecule has 1 unspecified atom stereocenters. The minimum absolute atomic E-state index is 0.204. The zero-order valence-electron chi connectivity index (χ0n) is 14.2. The van der Waals surface area contributed by atoms with E-state index in [9.17, 15) is 9.59 Å². The van der Waals surface area contributed by atoms with Crippen LogP contribution in [0.15, 0.2) is 12.4 Å². The van der Waals surface area contributed by atoms with Crippen LogP contribution in [0, 0.1) is 0 Å². The van der Waals surface area contributed by atoms with Gasteiger partial charge in [-0.1, -0.05) is 0 Å². The quantitative estimate of drug-likeness (QED) is 0.822. The summed E-state index contributed by atoms with van der Waals surface area (Å²) in [5, 5.41) is 4.46. The van der Waals surface area contributed by atoms with Crippen molar-refractivity contribution in [3.05, 3.63) is 12.4 Å². The lowest BCUT2D eigenvalue weighted by Crippen LogP contribution is -2.54. The van der Waals surface area contributed by atoms with Crippen molar-refractivity contribution >= 4 is 17.5 Å². The maximum absolute atomic E-state index is 11.8. The van der Waals surface area contributed by atoms with E-state index >= 15 is 0 Å². The summed E-state index contributed by atoms with van der Waals surface area (Å²) in [6, 6.07) is 0.726. The van der Waals surface area contributed by atoms with Crippen LogP contribution >= 0.6 is 0 Å². The Kier molecular flexibility index (Phi) is 4.04. The lowest BCUT2D eigenvalue weighted by molar-refractivity contribution is -0.135. The van der Waals surface area contributed by atoms with E-state index in [1.807, 2.05) is 27.7 Å². The minimum Gasteiger partial charge on any atom is -0.341 e. The molecule has 4 rings (SSSR count). The molecule has 7 heteroatoms. The summed E-state index contributed by atoms with van der Waals surface area (Å²) in [5.74, 6) is 0.477. The average molecular weight is 331 g/mol. The van der Waals surface area contributed by atoms with Crippen LogP contribution in [-0.2, 0) is 9.59 Å². The Morgan fingerprint density at radius 1 is 1.17 bits per heavy atom. The Balaban J connectivity index is 1.30. The molecule has 3 aliphatic heterocycles. The molecule has 1 aromatic heterocycles. The molecule has 0 spiro atoms. The van der Waals surface area contributed by atoms with Gasteiger partial charge in [0.05, 0.1) is 17.9 Å². The van der Waals surface area contributed by atoms with Gasteiger partial charge in [0.25, 0.3) is 0 Å². The highest BCUT2D eigenvalue weighted by atomic mass is 16.2. The molecule has 0 N–H and O–H groups in total. The van der Waals surface area contributed by atoms with Crippen LogP contribution in [0.25, 0.3) is 0 Å². The van der Waals surface area contributed by atoms with Crippen LogP contribution in [0.4, 0.5) is 5.69 Å². The van der Waals surface area contributed by atoms with Crippen LogP contribution in [-0.4, -0.2) is 70.7 Å². The Morgan fingerprint density at radius 3 is 2.71 bits per heavy atom. The molecule has 24 heavy (non-hydrogen) atoms. The topological polar surface area (TPSA) is 61.7 Å². The minimum atomic E-state index is 0.204. The van der Waals surface area contributed by atoms with Gasteiger partial charge in [0.1, 0.15) is 0 Å². The van der Waals surface area contributed by atoms with Gasteiger partial charge in [-0.25, -0.2) is 0 Å². The molecule has 1 aromatic rings. The first-order valence-corrected chi connectivity index (χ1v) is 8.94. The number of rotatable bonds is 4. The summed E-state index contributed by atoms with van der Waals surface area (Å²) in [6.07, 6.45) is 8.20. The lowest BCUT2D eigenvalue weighted by atomic mass is 9.99. The summed E-state index contributed by atoms with van der Waals surface area (Å²) >= 11 is 0. The van der Waals surface area contributed by atoms with Gasteiger partial charge in [0.2, 0.25) is 11.8 Å². The molecule has 0 saturated carbocycles. The average Bonchev–Trinajstić information content (AvgIpc) is 3.15. The van der Waals surface area contributed by atoms with Gasteiger partial charge in [0, 0.05) is 58.3 Å². The first-order valence-electron chi connectivity index (χ1n) is 8.94. The van der Waals surface area contributed by atoms with Gasteiger partial charge in [-0.2, -0.15) is 5.10 Å². The molecular formula is C17H25N5O2. The zero-order chi connectivity index (χ0) is 16.7. The maximum Gasteiger partial charge on any atom is 0.227 e. The third-order valence-electron chi connectivity index (χ3n) is 5.62. The van der Waals surface area contributed by atoms with Gasteiger partial charge in [-0.05, 0) is 19.3 Å². The third-order valence-corrected chi connectivity index (χ3v) is 5.62. The number of carbonyl (C=O) groups excluding carboxylic acids is 2. The Bertz CT molecular complexity index is 637. The number of likely N-dealkylation sites (tertiary alicyclic amines) is 2. The van der Waals surface area contributed by atoms with Gasteiger partial charge in [-0.15, -0.1) is 0 Å². The predicted molar refractivity (Wildman–Crippen MR) is 89.7 cm³/mol. The molecule has 1 atom stereocenters. The van der Waals surface area contributed by atoms with Gasteiger partial charge < -0.3 is 9.80 Å². The predicted octanol–water partition coefficient (Wildman–Crippen LogP) is 0.877. The summed E-state index contributed by atoms with van der Waals surface area (Å²) in [6.45, 7) is 3.70. The fraction of sp³-hybridized carbons (Fsp3) is 0.706. The monoisotopic (exact) mass is 331 g/mol. The molecule has 130 valence electrons. The molecule has 2 amide bonds. The number of likely N-dealkylation sites (N-methyl/N-ethyl adjacent to an activating group) is 1. The van der Waals surface area contributed by atoms with E-state index < -0.39 is 0 Å². The highest BCUT2D eigenvalue weighted by molar-refractivity contribution is 5.95. The van der Waals surface area contributed by atoms with E-state index in [0.717, 1.165) is 51.1 Å². The highest BCUT2D eigenvalue weighted by Gasteiger charge is 2.34. The molecule has 3 fully saturated rings. The summed E-state index contributed by atoms with van der Waals surface area (Å²) in [4.78, 5) is 29.8. The van der Waals surface area contributed by atoms with E-state index in [4.69, 9.17) is 0 Å². The molecule has 0 aliphatic carbocycles. The van der Waals surface area contributed by atoms with E-state index in [-0.39, 0.29) is 11.8 Å². The van der Waals surface area contributed by atoms with Crippen LogP contribution < -0.4 is 4.90 Å². The van der Waals surface area contributed by atoms with E-state index in [1.54, 1.807) is 6.20 Å². The first-order chi connectivity index (χ1) is 11.6. The highest BCUT2D eigenvalue weighted by Crippen LogP contribution is 2.27. The largest absolute Gasteiger partial charge is 0.341 e. The molecule has 3 saturated heterocycles. The van der Waals surface area contributed by atoms with Crippen molar-refractivity contribution in [3.8, 4) is 0 Å². The van der Waals surface area contributed by atoms with Crippen LogP contribution in [0.2, 0.25) is 0 Å². The number of hydrogen-bond acceptors (Lipinski definition) is 4. The molecule has 3 aliphatic rings. The number of piperidine rings is 1. The number of anilines is 1. The Labute approximate surface area is 142 Å². The normalized spacial score (nSPS) is 26.3. The number of amides is 2. The summed E-state index contributed by atoms with van der Waals surface area (Å²) < 4.78 is 1.99. The molecule has 0 bridgehead atoms. The van der Waals surface area contributed by atoms with Crippen molar-refractivity contribution in [1.82, 2.24) is 19.6 Å². The van der Waals surface area contributed by atoms with E-state index in [1.165, 1.54) is 0 Å². The number of nitrogens with zero attached hydrogens (tertiary/aromatic N) is 5. The Morgan fingerprint density at radius 2 is 1.96 bits per heavy atom.